The average molecular weight is 650 g/mol. The molecule has 0 radical (unpaired) electrons. The molecule has 5 rings (SSSR count). The molecule has 3 heterocycles. The van der Waals surface area contributed by atoms with Gasteiger partial charge in [-0.05, 0) is 55.5 Å². The number of carbonyl (C=O) groups is 4. The number of carbonyl (C=O) groups excluding carboxylic acids is 4. The molecular weight excluding hydrogens is 610 g/mol. The van der Waals surface area contributed by atoms with E-state index in [4.69, 9.17) is 21.1 Å². The number of fused-ring (bicyclic) bond motifs is 1. The van der Waals surface area contributed by atoms with Crippen molar-refractivity contribution in [3.8, 4) is 0 Å². The second-order valence-corrected chi connectivity index (χ2v) is 12.3. The van der Waals surface area contributed by atoms with E-state index in [1.165, 1.54) is 4.90 Å². The minimum absolute atomic E-state index is 0.0882. The van der Waals surface area contributed by atoms with Crippen molar-refractivity contribution in [3.63, 3.8) is 0 Å². The second kappa shape index (κ2) is 14.6. The van der Waals surface area contributed by atoms with Crippen LogP contribution in [0.25, 0.3) is 0 Å². The van der Waals surface area contributed by atoms with Crippen molar-refractivity contribution in [1.29, 1.82) is 0 Å². The second-order valence-electron chi connectivity index (χ2n) is 11.9. The van der Waals surface area contributed by atoms with Crippen LogP contribution in [-0.2, 0) is 28.7 Å². The van der Waals surface area contributed by atoms with Gasteiger partial charge >= 0.3 is 5.97 Å². The van der Waals surface area contributed by atoms with E-state index < -0.39 is 47.5 Å². The fourth-order valence-electron chi connectivity index (χ4n) is 7.08. The molecule has 0 aromatic heterocycles. The van der Waals surface area contributed by atoms with Crippen LogP contribution in [0.3, 0.4) is 0 Å². The number of allylic oxidation sites excluding steroid dienone is 1. The van der Waals surface area contributed by atoms with E-state index >= 15 is 0 Å². The number of amides is 3. The fourth-order valence-corrected chi connectivity index (χ4v) is 7.20. The number of hydrogen-bond donors (Lipinski definition) is 2. The fraction of sp³-hybridized carbons (Fsp3) is 0.429. The highest BCUT2D eigenvalue weighted by Crippen LogP contribution is 2.58. The molecule has 10 nitrogen and oxygen atoms in total. The monoisotopic (exact) mass is 649 g/mol. The first-order valence-electron chi connectivity index (χ1n) is 15.6. The Labute approximate surface area is 274 Å². The molecule has 0 saturated carbocycles. The number of aliphatic hydroxyl groups excluding tert-OH is 1. The summed E-state index contributed by atoms with van der Waals surface area (Å²) in [7, 11) is 0. The predicted molar refractivity (Wildman–Crippen MR) is 173 cm³/mol. The van der Waals surface area contributed by atoms with Crippen LogP contribution in [0.4, 0.5) is 5.69 Å². The van der Waals surface area contributed by atoms with Gasteiger partial charge in [-0.15, -0.1) is 13.2 Å². The van der Waals surface area contributed by atoms with Gasteiger partial charge < -0.3 is 29.7 Å². The predicted octanol–water partition coefficient (Wildman–Crippen LogP) is 3.98. The summed E-state index contributed by atoms with van der Waals surface area (Å²) in [6.07, 6.45) is 4.50. The molecule has 2 aromatic carbocycles. The van der Waals surface area contributed by atoms with Crippen molar-refractivity contribution < 1.29 is 33.8 Å². The van der Waals surface area contributed by atoms with E-state index in [0.717, 1.165) is 5.56 Å². The van der Waals surface area contributed by atoms with Gasteiger partial charge in [0.2, 0.25) is 11.8 Å². The van der Waals surface area contributed by atoms with Gasteiger partial charge in [-0.2, -0.15) is 0 Å². The zero-order valence-corrected chi connectivity index (χ0v) is 26.4. The molecule has 6 atom stereocenters. The van der Waals surface area contributed by atoms with Gasteiger partial charge in [0.1, 0.15) is 18.2 Å². The molecule has 2 aromatic rings. The van der Waals surface area contributed by atoms with Crippen molar-refractivity contribution in [1.82, 2.24) is 10.2 Å². The summed E-state index contributed by atoms with van der Waals surface area (Å²) in [4.78, 5) is 58.2. The molecule has 2 bridgehead atoms. The first-order chi connectivity index (χ1) is 22.2. The van der Waals surface area contributed by atoms with E-state index in [0.29, 0.717) is 30.0 Å². The molecule has 11 heteroatoms. The Morgan fingerprint density at radius 2 is 1.89 bits per heavy atom. The molecule has 0 unspecified atom stereocenters. The maximum atomic E-state index is 14.5. The summed E-state index contributed by atoms with van der Waals surface area (Å²) in [5, 5.41) is 13.2. The lowest BCUT2D eigenvalue weighted by atomic mass is 9.70. The lowest BCUT2D eigenvalue weighted by Gasteiger charge is -2.36. The number of esters is 1. The number of anilines is 1. The Morgan fingerprint density at radius 3 is 2.57 bits per heavy atom. The molecule has 46 heavy (non-hydrogen) atoms. The molecule has 3 aliphatic heterocycles. The third kappa shape index (κ3) is 6.47. The number of hydrogen-bond acceptors (Lipinski definition) is 7. The van der Waals surface area contributed by atoms with Crippen molar-refractivity contribution in [2.45, 2.75) is 55.9 Å². The van der Waals surface area contributed by atoms with Crippen LogP contribution in [0, 0.1) is 11.8 Å². The van der Waals surface area contributed by atoms with Crippen molar-refractivity contribution in [3.05, 3.63) is 90.5 Å². The quantitative estimate of drug-likeness (QED) is 0.221. The first-order valence-corrected chi connectivity index (χ1v) is 16.0. The number of rotatable bonds is 15. The molecule has 3 saturated heterocycles. The Balaban J connectivity index is 1.44. The molecule has 2 N–H and O–H groups in total. The van der Waals surface area contributed by atoms with Crippen molar-refractivity contribution in [2.24, 2.45) is 11.8 Å². The standard InChI is InChI=1S/C35H40ClN3O7/c1-3-5-12-28(41)45-22-26(23-10-7-6-8-11-23)37-32(42)29-27-17-18-35(46-27)30(29)33(43)39(20-9-21-40)31(35)34(44)38(19-4-2)25-15-13-24(36)14-16-25/h3-4,6-8,10-11,13-16,26-27,29-31,40H,1-2,5,9,12,17-22H2,(H,37,42)/t26-,27-,29+,30+,31-,35+/m1/s1. The van der Waals surface area contributed by atoms with Gasteiger partial charge in [0.05, 0.1) is 24.0 Å². The molecule has 1 spiro atoms. The maximum Gasteiger partial charge on any atom is 0.306 e. The van der Waals surface area contributed by atoms with Gasteiger partial charge in [-0.3, -0.25) is 19.2 Å². The van der Waals surface area contributed by atoms with Crippen LogP contribution in [0.2, 0.25) is 5.02 Å². The third-order valence-corrected chi connectivity index (χ3v) is 9.34. The van der Waals surface area contributed by atoms with E-state index in [9.17, 15) is 24.3 Å². The Morgan fingerprint density at radius 1 is 1.15 bits per heavy atom. The number of likely N-dealkylation sites (tertiary alicyclic amines) is 1. The van der Waals surface area contributed by atoms with Gasteiger partial charge in [0.15, 0.2) is 0 Å². The van der Waals surface area contributed by atoms with E-state index in [-0.39, 0.29) is 51.0 Å². The largest absolute Gasteiger partial charge is 0.463 e. The number of aliphatic hydroxyl groups is 1. The highest BCUT2D eigenvalue weighted by atomic mass is 35.5. The molecule has 3 amide bonds. The molecule has 244 valence electrons. The zero-order valence-electron chi connectivity index (χ0n) is 25.7. The Bertz CT molecular complexity index is 1450. The van der Waals surface area contributed by atoms with Crippen LogP contribution in [0.1, 0.15) is 43.7 Å². The molecule has 3 aliphatic rings. The van der Waals surface area contributed by atoms with Crippen LogP contribution in [0.5, 0.6) is 0 Å². The topological polar surface area (TPSA) is 125 Å². The first kappa shape index (κ1) is 33.4. The molecular formula is C35H40ClN3O7. The molecule has 0 aliphatic carbocycles. The summed E-state index contributed by atoms with van der Waals surface area (Å²) >= 11 is 6.11. The number of halogens is 1. The van der Waals surface area contributed by atoms with Crippen LogP contribution < -0.4 is 10.2 Å². The van der Waals surface area contributed by atoms with Crippen LogP contribution in [-0.4, -0.2) is 77.7 Å². The summed E-state index contributed by atoms with van der Waals surface area (Å²) in [5.41, 5.74) is 0.102. The minimum atomic E-state index is -1.22. The van der Waals surface area contributed by atoms with E-state index in [1.54, 1.807) is 41.3 Å². The highest BCUT2D eigenvalue weighted by Gasteiger charge is 2.74. The van der Waals surface area contributed by atoms with E-state index in [2.05, 4.69) is 18.5 Å². The van der Waals surface area contributed by atoms with E-state index in [1.807, 2.05) is 30.3 Å². The smallest absolute Gasteiger partial charge is 0.306 e. The Hall–Kier alpha value is -3.99. The highest BCUT2D eigenvalue weighted by molar-refractivity contribution is 6.30. The number of nitrogens with one attached hydrogen (secondary N) is 1. The summed E-state index contributed by atoms with van der Waals surface area (Å²) < 4.78 is 12.1. The zero-order chi connectivity index (χ0) is 32.8. The van der Waals surface area contributed by atoms with Gasteiger partial charge in [-0.1, -0.05) is 54.1 Å². The number of benzene rings is 2. The number of ether oxygens (including phenoxy) is 2. The lowest BCUT2D eigenvalue weighted by Crippen LogP contribution is -2.56. The third-order valence-electron chi connectivity index (χ3n) is 9.09. The van der Waals surface area contributed by atoms with Gasteiger partial charge in [-0.25, -0.2) is 0 Å². The normalized spacial score (nSPS) is 25.1. The maximum absolute atomic E-state index is 14.5. The average Bonchev–Trinajstić information content (AvgIpc) is 3.71. The van der Waals surface area contributed by atoms with Crippen molar-refractivity contribution in [2.75, 3.05) is 31.2 Å². The molecule has 3 fully saturated rings. The summed E-state index contributed by atoms with van der Waals surface area (Å²) in [6, 6.07) is 14.3. The van der Waals surface area contributed by atoms with Crippen molar-refractivity contribution >= 4 is 41.0 Å². The minimum Gasteiger partial charge on any atom is -0.463 e. The SMILES string of the molecule is C=CCCC(=O)OC[C@@H](NC(=O)[C@@H]1[C@H]2C(=O)N(CCCO)[C@H](C(=O)N(CC=C)c3ccc(Cl)cc3)[C@]23CC[C@H]1O3)c1ccccc1. The Kier molecular flexibility index (Phi) is 10.6. The van der Waals surface area contributed by atoms with Gasteiger partial charge in [0.25, 0.3) is 5.91 Å². The summed E-state index contributed by atoms with van der Waals surface area (Å²) in [6.45, 7) is 7.50. The van der Waals surface area contributed by atoms with Crippen LogP contribution in [0.15, 0.2) is 79.9 Å². The lowest BCUT2D eigenvalue weighted by molar-refractivity contribution is -0.146. The van der Waals surface area contributed by atoms with Crippen LogP contribution >= 0.6 is 11.6 Å². The van der Waals surface area contributed by atoms with Gasteiger partial charge in [0, 0.05) is 36.8 Å². The summed E-state index contributed by atoms with van der Waals surface area (Å²) in [5.74, 6) is -3.28. The number of nitrogens with zero attached hydrogens (tertiary/aromatic N) is 2.